The Hall–Kier alpha value is -4.18. The molecule has 40 heavy (non-hydrogen) atoms. The third kappa shape index (κ3) is 6.34. The molecule has 5 rings (SSSR count). The monoisotopic (exact) mass is 559 g/mol. The largest absolute Gasteiger partial charge is 0.497 e. The number of thiazole rings is 1. The summed E-state index contributed by atoms with van der Waals surface area (Å²) in [5.74, 6) is 3.12. The number of anilines is 1. The second kappa shape index (κ2) is 12.8. The number of nitrogens with one attached hydrogen (secondary N) is 1. The number of hydrogen-bond donors (Lipinski definition) is 1. The molecule has 1 aliphatic rings. The van der Waals surface area contributed by atoms with Gasteiger partial charge in [-0.2, -0.15) is 0 Å². The van der Waals surface area contributed by atoms with E-state index >= 15 is 0 Å². The highest BCUT2D eigenvalue weighted by Gasteiger charge is 2.25. The molecule has 208 valence electrons. The number of amides is 1. The number of benzene rings is 2. The van der Waals surface area contributed by atoms with Crippen molar-refractivity contribution >= 4 is 23.1 Å². The minimum Gasteiger partial charge on any atom is -0.497 e. The number of hydrogen-bond acceptors (Lipinski definition) is 9. The van der Waals surface area contributed by atoms with Crippen molar-refractivity contribution in [2.75, 3.05) is 45.9 Å². The van der Waals surface area contributed by atoms with Gasteiger partial charge in [0.1, 0.15) is 10.8 Å². The zero-order valence-corrected chi connectivity index (χ0v) is 23.7. The Morgan fingerprint density at radius 3 is 2.35 bits per heavy atom. The highest BCUT2D eigenvalue weighted by molar-refractivity contribution is 7.13. The van der Waals surface area contributed by atoms with Crippen LogP contribution >= 0.6 is 11.3 Å². The minimum absolute atomic E-state index is 0.000500. The molecule has 0 aliphatic carbocycles. The molecule has 0 saturated carbocycles. The van der Waals surface area contributed by atoms with Crippen molar-refractivity contribution in [3.63, 3.8) is 0 Å². The maximum absolute atomic E-state index is 12.8. The van der Waals surface area contributed by atoms with Gasteiger partial charge in [-0.25, -0.2) is 4.98 Å². The fourth-order valence-electron chi connectivity index (χ4n) is 4.76. The molecule has 2 aromatic carbocycles. The maximum Gasteiger partial charge on any atom is 0.223 e. The first-order valence-electron chi connectivity index (χ1n) is 13.3. The minimum atomic E-state index is 0.000500. The predicted octanol–water partition coefficient (Wildman–Crippen LogP) is 4.87. The van der Waals surface area contributed by atoms with Crippen molar-refractivity contribution in [1.29, 1.82) is 0 Å². The molecule has 1 saturated heterocycles. The third-order valence-electron chi connectivity index (χ3n) is 7.09. The van der Waals surface area contributed by atoms with E-state index in [2.05, 4.69) is 20.4 Å². The number of ether oxygens (including phenoxy) is 3. The van der Waals surface area contributed by atoms with E-state index in [1.165, 1.54) is 0 Å². The molecule has 9 nitrogen and oxygen atoms in total. The van der Waals surface area contributed by atoms with Crippen LogP contribution < -0.4 is 24.4 Å². The summed E-state index contributed by atoms with van der Waals surface area (Å²) in [6.45, 7) is 2.11. The van der Waals surface area contributed by atoms with Crippen LogP contribution in [0.3, 0.4) is 0 Å². The lowest BCUT2D eigenvalue weighted by Crippen LogP contribution is -2.41. The second-order valence-corrected chi connectivity index (χ2v) is 10.4. The van der Waals surface area contributed by atoms with E-state index in [0.717, 1.165) is 65.0 Å². The van der Waals surface area contributed by atoms with Crippen molar-refractivity contribution in [2.24, 2.45) is 5.92 Å². The van der Waals surface area contributed by atoms with Gasteiger partial charge in [0, 0.05) is 48.5 Å². The summed E-state index contributed by atoms with van der Waals surface area (Å²) in [5.41, 5.74) is 3.74. The lowest BCUT2D eigenvalue weighted by atomic mass is 9.96. The van der Waals surface area contributed by atoms with Gasteiger partial charge in [0.05, 0.1) is 32.7 Å². The van der Waals surface area contributed by atoms with Gasteiger partial charge in [-0.15, -0.1) is 21.5 Å². The standard InChI is InChI=1S/C30H33N5O4S/c1-37-24-7-4-20(5-8-24)25-9-11-28(34-33-25)35-16-13-21(14-17-35)29(36)31-15-12-23-19-40-30(32-23)22-6-10-26(38-2)27(18-22)39-3/h4-11,18-19,21H,12-17H2,1-3H3,(H,31,36). The quantitative estimate of drug-likeness (QED) is 0.294. The zero-order valence-electron chi connectivity index (χ0n) is 22.9. The van der Waals surface area contributed by atoms with Gasteiger partial charge < -0.3 is 24.4 Å². The third-order valence-corrected chi connectivity index (χ3v) is 8.03. The normalized spacial score (nSPS) is 13.6. The Bertz CT molecular complexity index is 1420. The molecule has 4 aromatic rings. The van der Waals surface area contributed by atoms with Gasteiger partial charge in [0.25, 0.3) is 0 Å². The summed E-state index contributed by atoms with van der Waals surface area (Å²) in [6, 6.07) is 17.5. The summed E-state index contributed by atoms with van der Waals surface area (Å²) < 4.78 is 15.9. The smallest absolute Gasteiger partial charge is 0.223 e. The van der Waals surface area contributed by atoms with Crippen LogP contribution in [0.5, 0.6) is 17.2 Å². The van der Waals surface area contributed by atoms with E-state index in [4.69, 9.17) is 19.2 Å². The molecular weight excluding hydrogens is 526 g/mol. The van der Waals surface area contributed by atoms with Crippen LogP contribution in [0.4, 0.5) is 5.82 Å². The molecule has 2 aromatic heterocycles. The summed E-state index contributed by atoms with van der Waals surface area (Å²) >= 11 is 1.58. The average Bonchev–Trinajstić information content (AvgIpc) is 3.50. The van der Waals surface area contributed by atoms with Gasteiger partial charge in [-0.1, -0.05) is 0 Å². The van der Waals surface area contributed by atoms with Crippen LogP contribution in [0.1, 0.15) is 18.5 Å². The first kappa shape index (κ1) is 27.4. The lowest BCUT2D eigenvalue weighted by molar-refractivity contribution is -0.125. The Labute approximate surface area is 238 Å². The number of carbonyl (C=O) groups is 1. The average molecular weight is 560 g/mol. The number of carbonyl (C=O) groups excluding carboxylic acids is 1. The molecular formula is C30H33N5O4S. The molecule has 3 heterocycles. The summed E-state index contributed by atoms with van der Waals surface area (Å²) in [6.07, 6.45) is 2.26. The van der Waals surface area contributed by atoms with E-state index in [1.54, 1.807) is 32.7 Å². The van der Waals surface area contributed by atoms with E-state index in [-0.39, 0.29) is 11.8 Å². The van der Waals surface area contributed by atoms with E-state index in [0.29, 0.717) is 24.5 Å². The Morgan fingerprint density at radius 1 is 0.925 bits per heavy atom. The van der Waals surface area contributed by atoms with Gasteiger partial charge in [0.15, 0.2) is 17.3 Å². The van der Waals surface area contributed by atoms with Gasteiger partial charge in [0.2, 0.25) is 5.91 Å². The van der Waals surface area contributed by atoms with Gasteiger partial charge >= 0.3 is 0 Å². The van der Waals surface area contributed by atoms with Crippen molar-refractivity contribution in [3.8, 4) is 39.1 Å². The molecule has 0 radical (unpaired) electrons. The highest BCUT2D eigenvalue weighted by Crippen LogP contribution is 2.33. The van der Waals surface area contributed by atoms with Crippen molar-refractivity contribution in [2.45, 2.75) is 19.3 Å². The van der Waals surface area contributed by atoms with Gasteiger partial charge in [-0.05, 0) is 67.4 Å². The summed E-state index contributed by atoms with van der Waals surface area (Å²) in [5, 5.41) is 14.9. The second-order valence-electron chi connectivity index (χ2n) is 9.52. The Kier molecular flexibility index (Phi) is 8.75. The number of aromatic nitrogens is 3. The molecule has 0 atom stereocenters. The number of rotatable bonds is 10. The highest BCUT2D eigenvalue weighted by atomic mass is 32.1. The SMILES string of the molecule is COc1ccc(-c2ccc(N3CCC(C(=O)NCCc4csc(-c5ccc(OC)c(OC)c5)n4)CC3)nn2)cc1. The first-order valence-corrected chi connectivity index (χ1v) is 14.1. The van der Waals surface area contributed by atoms with Crippen LogP contribution in [0.15, 0.2) is 60.0 Å². The molecule has 1 aliphatic heterocycles. The molecule has 1 fully saturated rings. The first-order chi connectivity index (χ1) is 19.6. The van der Waals surface area contributed by atoms with Gasteiger partial charge in [-0.3, -0.25) is 4.79 Å². The molecule has 10 heteroatoms. The summed E-state index contributed by atoms with van der Waals surface area (Å²) in [4.78, 5) is 19.8. The fourth-order valence-corrected chi connectivity index (χ4v) is 5.61. The van der Waals surface area contributed by atoms with Crippen LogP contribution in [-0.2, 0) is 11.2 Å². The van der Waals surface area contributed by atoms with Crippen molar-refractivity contribution in [1.82, 2.24) is 20.5 Å². The van der Waals surface area contributed by atoms with Crippen molar-refractivity contribution in [3.05, 3.63) is 65.7 Å². The molecule has 1 amide bonds. The van der Waals surface area contributed by atoms with Crippen LogP contribution in [0.2, 0.25) is 0 Å². The fraction of sp³-hybridized carbons (Fsp3) is 0.333. The molecule has 0 spiro atoms. The summed E-state index contributed by atoms with van der Waals surface area (Å²) in [7, 11) is 4.89. The van der Waals surface area contributed by atoms with E-state index in [1.807, 2.05) is 60.0 Å². The number of methoxy groups -OCH3 is 3. The Morgan fingerprint density at radius 2 is 1.68 bits per heavy atom. The predicted molar refractivity (Wildman–Crippen MR) is 156 cm³/mol. The van der Waals surface area contributed by atoms with Crippen molar-refractivity contribution < 1.29 is 19.0 Å². The van der Waals surface area contributed by atoms with Crippen LogP contribution in [-0.4, -0.2) is 62.1 Å². The van der Waals surface area contributed by atoms with Crippen LogP contribution in [0, 0.1) is 5.92 Å². The molecule has 0 unspecified atom stereocenters. The molecule has 1 N–H and O–H groups in total. The lowest BCUT2D eigenvalue weighted by Gasteiger charge is -2.31. The zero-order chi connectivity index (χ0) is 27.9. The maximum atomic E-state index is 12.8. The Balaban J connectivity index is 1.07. The molecule has 0 bridgehead atoms. The van der Waals surface area contributed by atoms with Crippen LogP contribution in [0.25, 0.3) is 21.8 Å². The topological polar surface area (TPSA) is 98.7 Å². The number of piperidine rings is 1. The number of nitrogens with zero attached hydrogens (tertiary/aromatic N) is 4. The van der Waals surface area contributed by atoms with E-state index in [9.17, 15) is 4.79 Å². The van der Waals surface area contributed by atoms with E-state index < -0.39 is 0 Å².